The molecule has 1 N–H and O–H groups in total. The second-order valence-corrected chi connectivity index (χ2v) is 7.75. The van der Waals surface area contributed by atoms with E-state index in [1.54, 1.807) is 18.2 Å². The van der Waals surface area contributed by atoms with Crippen molar-refractivity contribution in [1.82, 2.24) is 9.62 Å². The van der Waals surface area contributed by atoms with Gasteiger partial charge in [0.05, 0.1) is 22.2 Å². The molecule has 0 spiro atoms. The van der Waals surface area contributed by atoms with E-state index in [4.69, 9.17) is 23.2 Å². The summed E-state index contributed by atoms with van der Waals surface area (Å²) in [5.74, 6) is 0.0227. The van der Waals surface area contributed by atoms with Gasteiger partial charge in [-0.05, 0) is 24.1 Å². The van der Waals surface area contributed by atoms with Crippen molar-refractivity contribution in [3.63, 3.8) is 0 Å². The summed E-state index contributed by atoms with van der Waals surface area (Å²) >= 11 is 11.7. The van der Waals surface area contributed by atoms with Crippen LogP contribution in [0.4, 0.5) is 0 Å². The Labute approximate surface area is 134 Å². The molecule has 0 atom stereocenters. The van der Waals surface area contributed by atoms with Crippen molar-refractivity contribution >= 4 is 39.1 Å². The largest absolute Gasteiger partial charge is 0.354 e. The first-order chi connectivity index (χ1) is 9.88. The Morgan fingerprint density at radius 1 is 1.29 bits per heavy atom. The quantitative estimate of drug-likeness (QED) is 0.878. The summed E-state index contributed by atoms with van der Waals surface area (Å²) < 4.78 is 24.6. The summed E-state index contributed by atoms with van der Waals surface area (Å²) in [6, 6.07) is 5.02. The Morgan fingerprint density at radius 3 is 2.67 bits per heavy atom. The summed E-state index contributed by atoms with van der Waals surface area (Å²) in [6.45, 7) is 1.15. The monoisotopic (exact) mass is 350 g/mol. The van der Waals surface area contributed by atoms with Crippen molar-refractivity contribution in [2.24, 2.45) is 0 Å². The van der Waals surface area contributed by atoms with Crippen LogP contribution in [0, 0.1) is 0 Å². The molecule has 1 aliphatic rings. The van der Waals surface area contributed by atoms with Crippen LogP contribution in [0.1, 0.15) is 12.0 Å². The van der Waals surface area contributed by atoms with Gasteiger partial charge in [0, 0.05) is 19.6 Å². The maximum atomic E-state index is 11.8. The molecule has 8 heteroatoms. The van der Waals surface area contributed by atoms with Crippen LogP contribution in [-0.4, -0.2) is 44.0 Å². The van der Waals surface area contributed by atoms with Crippen LogP contribution in [0.25, 0.3) is 0 Å². The van der Waals surface area contributed by atoms with Gasteiger partial charge in [0.2, 0.25) is 15.9 Å². The number of nitrogens with zero attached hydrogens (tertiary/aromatic N) is 1. The minimum atomic E-state index is -3.10. The Bertz CT molecular complexity index is 634. The number of nitrogens with one attached hydrogen (secondary N) is 1. The van der Waals surface area contributed by atoms with E-state index in [0.29, 0.717) is 36.1 Å². The van der Waals surface area contributed by atoms with Gasteiger partial charge < -0.3 is 5.32 Å². The molecule has 21 heavy (non-hydrogen) atoms. The van der Waals surface area contributed by atoms with E-state index in [1.807, 2.05) is 0 Å². The van der Waals surface area contributed by atoms with Crippen LogP contribution in [0.15, 0.2) is 18.2 Å². The maximum absolute atomic E-state index is 11.8. The van der Waals surface area contributed by atoms with Crippen LogP contribution >= 0.6 is 23.2 Å². The van der Waals surface area contributed by atoms with Crippen molar-refractivity contribution in [3.8, 4) is 0 Å². The molecule has 0 radical (unpaired) electrons. The second-order valence-electron chi connectivity index (χ2n) is 4.84. The zero-order valence-corrected chi connectivity index (χ0v) is 13.6. The number of hydrogen-bond donors (Lipinski definition) is 1. The fraction of sp³-hybridized carbons (Fsp3) is 0.462. The van der Waals surface area contributed by atoms with E-state index < -0.39 is 10.0 Å². The zero-order chi connectivity index (χ0) is 15.5. The first-order valence-corrected chi connectivity index (χ1v) is 8.93. The highest BCUT2D eigenvalue weighted by Crippen LogP contribution is 2.22. The minimum absolute atomic E-state index is 0.176. The van der Waals surface area contributed by atoms with Gasteiger partial charge in [-0.3, -0.25) is 4.79 Å². The predicted octanol–water partition coefficient (Wildman–Crippen LogP) is 1.69. The van der Waals surface area contributed by atoms with Gasteiger partial charge in [-0.2, -0.15) is 0 Å². The molecule has 0 unspecified atom stereocenters. The number of carbonyl (C=O) groups excluding carboxylic acids is 1. The van der Waals surface area contributed by atoms with Crippen molar-refractivity contribution in [1.29, 1.82) is 0 Å². The molecule has 0 bridgehead atoms. The lowest BCUT2D eigenvalue weighted by Crippen LogP contribution is -2.36. The van der Waals surface area contributed by atoms with Crippen molar-refractivity contribution in [2.45, 2.75) is 12.8 Å². The minimum Gasteiger partial charge on any atom is -0.354 e. The summed E-state index contributed by atoms with van der Waals surface area (Å²) in [5.41, 5.74) is 0.760. The van der Waals surface area contributed by atoms with Crippen molar-refractivity contribution in [3.05, 3.63) is 33.8 Å². The van der Waals surface area contributed by atoms with Gasteiger partial charge in [0.15, 0.2) is 0 Å². The molecule has 1 heterocycles. The molecule has 1 aromatic carbocycles. The first kappa shape index (κ1) is 16.5. The lowest BCUT2D eigenvalue weighted by molar-refractivity contribution is -0.120. The third-order valence-corrected chi connectivity index (χ3v) is 5.93. The van der Waals surface area contributed by atoms with E-state index >= 15 is 0 Å². The molecule has 1 saturated heterocycles. The van der Waals surface area contributed by atoms with Crippen LogP contribution in [0.3, 0.4) is 0 Å². The smallest absolute Gasteiger partial charge is 0.224 e. The van der Waals surface area contributed by atoms with Crippen LogP contribution in [0.2, 0.25) is 10.0 Å². The van der Waals surface area contributed by atoms with Crippen LogP contribution in [-0.2, 0) is 21.2 Å². The highest BCUT2D eigenvalue weighted by atomic mass is 35.5. The van der Waals surface area contributed by atoms with E-state index in [0.717, 1.165) is 5.56 Å². The summed E-state index contributed by atoms with van der Waals surface area (Å²) in [6.07, 6.45) is 0.837. The molecule has 2 rings (SSSR count). The highest BCUT2D eigenvalue weighted by molar-refractivity contribution is 7.89. The van der Waals surface area contributed by atoms with Crippen molar-refractivity contribution in [2.75, 3.05) is 25.4 Å². The lowest BCUT2D eigenvalue weighted by atomic mass is 10.1. The summed E-state index contributed by atoms with van der Waals surface area (Å²) in [5, 5.41) is 3.56. The Kier molecular flexibility index (Phi) is 5.48. The normalized spacial score (nSPS) is 17.8. The fourth-order valence-corrected chi connectivity index (χ4v) is 4.01. The predicted molar refractivity (Wildman–Crippen MR) is 83.2 cm³/mol. The van der Waals surface area contributed by atoms with Crippen LogP contribution in [0.5, 0.6) is 0 Å². The third kappa shape index (κ3) is 4.57. The SMILES string of the molecule is O=C(Cc1ccc(Cl)c(Cl)c1)NCCN1CCCS1(=O)=O. The van der Waals surface area contributed by atoms with Gasteiger partial charge in [-0.25, -0.2) is 12.7 Å². The first-order valence-electron chi connectivity index (χ1n) is 6.57. The molecule has 0 aliphatic carbocycles. The number of carbonyl (C=O) groups is 1. The molecular formula is C13H16Cl2N2O3S. The Hall–Kier alpha value is -0.820. The summed E-state index contributed by atoms with van der Waals surface area (Å²) in [7, 11) is -3.10. The number of hydrogen-bond acceptors (Lipinski definition) is 3. The topological polar surface area (TPSA) is 66.5 Å². The average Bonchev–Trinajstić information content (AvgIpc) is 2.73. The summed E-state index contributed by atoms with van der Waals surface area (Å²) in [4.78, 5) is 11.8. The molecule has 1 amide bonds. The number of sulfonamides is 1. The maximum Gasteiger partial charge on any atom is 0.224 e. The highest BCUT2D eigenvalue weighted by Gasteiger charge is 2.27. The van der Waals surface area contributed by atoms with E-state index in [2.05, 4.69) is 5.32 Å². The zero-order valence-electron chi connectivity index (χ0n) is 11.3. The third-order valence-electron chi connectivity index (χ3n) is 3.24. The van der Waals surface area contributed by atoms with Crippen LogP contribution < -0.4 is 5.32 Å². The van der Waals surface area contributed by atoms with Crippen molar-refractivity contribution < 1.29 is 13.2 Å². The average molecular weight is 351 g/mol. The van der Waals surface area contributed by atoms with Gasteiger partial charge in [0.25, 0.3) is 0 Å². The number of benzene rings is 1. The second kappa shape index (κ2) is 6.96. The molecule has 1 aromatic rings. The van der Waals surface area contributed by atoms with E-state index in [-0.39, 0.29) is 18.1 Å². The lowest BCUT2D eigenvalue weighted by Gasteiger charge is -2.14. The molecule has 1 aliphatic heterocycles. The molecule has 0 saturated carbocycles. The Morgan fingerprint density at radius 2 is 2.05 bits per heavy atom. The fourth-order valence-electron chi connectivity index (χ4n) is 2.16. The molecule has 0 aromatic heterocycles. The number of halogens is 2. The number of amides is 1. The van der Waals surface area contributed by atoms with E-state index in [1.165, 1.54) is 4.31 Å². The molecule has 116 valence electrons. The molecule has 1 fully saturated rings. The van der Waals surface area contributed by atoms with E-state index in [9.17, 15) is 13.2 Å². The molecule has 5 nitrogen and oxygen atoms in total. The van der Waals surface area contributed by atoms with Gasteiger partial charge in [-0.1, -0.05) is 29.3 Å². The molecular weight excluding hydrogens is 335 g/mol. The van der Waals surface area contributed by atoms with Gasteiger partial charge in [0.1, 0.15) is 0 Å². The standard InChI is InChI=1S/C13H16Cl2N2O3S/c14-11-3-2-10(8-12(11)15)9-13(18)16-4-6-17-5-1-7-21(17,19)20/h2-3,8H,1,4-7,9H2,(H,16,18). The Balaban J connectivity index is 1.78. The number of rotatable bonds is 5. The van der Waals surface area contributed by atoms with Gasteiger partial charge >= 0.3 is 0 Å². The van der Waals surface area contributed by atoms with Gasteiger partial charge in [-0.15, -0.1) is 0 Å².